The number of rotatable bonds is 28. The molecule has 4 N–H and O–H groups in total. The zero-order chi connectivity index (χ0) is 35.4. The summed E-state index contributed by atoms with van der Waals surface area (Å²) in [7, 11) is 0. The molecule has 1 fully saturated rings. The number of carboxylic acid groups (broad SMARTS) is 1. The van der Waals surface area contributed by atoms with Crippen molar-refractivity contribution in [1.29, 1.82) is 0 Å². The van der Waals surface area contributed by atoms with Crippen LogP contribution in [0.5, 0.6) is 0 Å². The van der Waals surface area contributed by atoms with E-state index in [-0.39, 0.29) is 19.4 Å². The van der Waals surface area contributed by atoms with Gasteiger partial charge in [-0.3, -0.25) is 9.59 Å². The molecule has 1 aliphatic heterocycles. The molecule has 6 unspecified atom stereocenters. The Bertz CT molecular complexity index is 948. The molecule has 1 rings (SSSR count). The van der Waals surface area contributed by atoms with Gasteiger partial charge in [-0.05, 0) is 44.9 Å². The predicted molar refractivity (Wildman–Crippen MR) is 183 cm³/mol. The molecule has 0 amide bonds. The Labute approximate surface area is 287 Å². The maximum absolute atomic E-state index is 12.6. The van der Waals surface area contributed by atoms with Crippen molar-refractivity contribution in [1.82, 2.24) is 0 Å². The van der Waals surface area contributed by atoms with Gasteiger partial charge in [-0.1, -0.05) is 108 Å². The molecule has 1 aliphatic rings. The van der Waals surface area contributed by atoms with Gasteiger partial charge < -0.3 is 39.4 Å². The molecule has 0 bridgehead atoms. The highest BCUT2D eigenvalue weighted by Gasteiger charge is 2.47. The first-order chi connectivity index (χ1) is 23.2. The summed E-state index contributed by atoms with van der Waals surface area (Å²) in [4.78, 5) is 36.4. The normalized spacial score (nSPS) is 22.1. The second kappa shape index (κ2) is 28.3. The summed E-state index contributed by atoms with van der Waals surface area (Å²) in [6, 6.07) is 0. The van der Waals surface area contributed by atoms with Crippen LogP contribution in [-0.4, -0.2) is 88.4 Å². The van der Waals surface area contributed by atoms with Crippen molar-refractivity contribution in [2.45, 2.75) is 166 Å². The smallest absolute Gasteiger partial charge is 0.335 e. The summed E-state index contributed by atoms with van der Waals surface area (Å²) in [5.41, 5.74) is 0. The average Bonchev–Trinajstić information content (AvgIpc) is 3.06. The van der Waals surface area contributed by atoms with Crippen LogP contribution in [0.25, 0.3) is 0 Å². The number of carboxylic acids is 1. The number of aliphatic carboxylic acids is 1. The molecule has 6 atom stereocenters. The minimum atomic E-state index is -1.86. The van der Waals surface area contributed by atoms with Crippen LogP contribution >= 0.6 is 0 Å². The Morgan fingerprint density at radius 3 is 1.85 bits per heavy atom. The van der Waals surface area contributed by atoms with Gasteiger partial charge in [0.25, 0.3) is 0 Å². The van der Waals surface area contributed by atoms with Crippen molar-refractivity contribution in [2.75, 3.05) is 13.2 Å². The van der Waals surface area contributed by atoms with Gasteiger partial charge in [0.1, 0.15) is 24.9 Å². The highest BCUT2D eigenvalue weighted by molar-refractivity contribution is 5.73. The third kappa shape index (κ3) is 20.7. The van der Waals surface area contributed by atoms with Crippen molar-refractivity contribution >= 4 is 17.9 Å². The van der Waals surface area contributed by atoms with Gasteiger partial charge in [0.05, 0.1) is 6.61 Å². The Kier molecular flexibility index (Phi) is 25.6. The first-order valence-corrected chi connectivity index (χ1v) is 18.0. The summed E-state index contributed by atoms with van der Waals surface area (Å²) < 4.78 is 21.5. The van der Waals surface area contributed by atoms with E-state index in [0.29, 0.717) is 12.8 Å². The maximum atomic E-state index is 12.6. The Morgan fingerprint density at radius 2 is 1.23 bits per heavy atom. The van der Waals surface area contributed by atoms with Gasteiger partial charge in [-0.2, -0.15) is 0 Å². The van der Waals surface area contributed by atoms with Gasteiger partial charge in [-0.25, -0.2) is 4.79 Å². The number of hydrogen-bond donors (Lipinski definition) is 4. The van der Waals surface area contributed by atoms with E-state index in [2.05, 4.69) is 50.3 Å². The minimum absolute atomic E-state index is 0.176. The Hall–Kier alpha value is -2.57. The van der Waals surface area contributed by atoms with Crippen molar-refractivity contribution in [2.24, 2.45) is 0 Å². The van der Waals surface area contributed by atoms with Crippen LogP contribution in [0.4, 0.5) is 0 Å². The number of allylic oxidation sites excluding steroid dienone is 6. The minimum Gasteiger partial charge on any atom is -0.479 e. The summed E-state index contributed by atoms with van der Waals surface area (Å²) in [5.74, 6) is -2.49. The molecule has 276 valence electrons. The van der Waals surface area contributed by atoms with Crippen molar-refractivity contribution in [3.05, 3.63) is 36.5 Å². The molecule has 0 saturated carbocycles. The standard InChI is InChI=1S/C37H62O11/c1-3-5-7-9-11-13-14-15-16-18-19-21-23-25-30(38)45-27-29(47-31(39)26-24-22-20-17-12-10-8-6-4-2)28-46-37-34(42)32(40)33(41)35(48-37)36(43)44/h5,7,11,13,15-16,29,32-35,37,40-42H,3-4,6,8-10,12,14,17-28H2,1-2H3,(H,43,44)/b7-5-,13-11-,16-15-. The fourth-order valence-corrected chi connectivity index (χ4v) is 5.13. The SMILES string of the molecule is CC/C=C\C/C=C\C/C=C\CCCCCC(=O)OCC(COC1OC(C(=O)O)C(O)C(O)C1O)OC(=O)CCCCCCCCCCC. The zero-order valence-electron chi connectivity index (χ0n) is 29.2. The number of ether oxygens (including phenoxy) is 4. The summed E-state index contributed by atoms with van der Waals surface area (Å²) >= 11 is 0. The van der Waals surface area contributed by atoms with Crippen LogP contribution in [-0.2, 0) is 33.3 Å². The number of carbonyl (C=O) groups excluding carboxylic acids is 2. The average molecular weight is 683 g/mol. The van der Waals surface area contributed by atoms with Gasteiger partial charge in [0, 0.05) is 12.8 Å². The zero-order valence-corrected chi connectivity index (χ0v) is 29.2. The topological polar surface area (TPSA) is 169 Å². The van der Waals surface area contributed by atoms with Gasteiger partial charge in [0.2, 0.25) is 0 Å². The largest absolute Gasteiger partial charge is 0.479 e. The lowest BCUT2D eigenvalue weighted by Gasteiger charge is -2.38. The monoisotopic (exact) mass is 682 g/mol. The summed E-state index contributed by atoms with van der Waals surface area (Å²) in [6.45, 7) is 3.60. The molecule has 1 saturated heterocycles. The third-order valence-corrected chi connectivity index (χ3v) is 8.00. The first kappa shape index (κ1) is 43.5. The van der Waals surface area contributed by atoms with E-state index in [1.807, 2.05) is 0 Å². The molecule has 0 aromatic carbocycles. The first-order valence-electron chi connectivity index (χ1n) is 18.0. The molecule has 0 spiro atoms. The number of aliphatic hydroxyl groups excluding tert-OH is 3. The van der Waals surface area contributed by atoms with Crippen LogP contribution < -0.4 is 0 Å². The van der Waals surface area contributed by atoms with E-state index < -0.39 is 61.3 Å². The lowest BCUT2D eigenvalue weighted by Crippen LogP contribution is -2.60. The van der Waals surface area contributed by atoms with Crippen molar-refractivity contribution in [3.63, 3.8) is 0 Å². The van der Waals surface area contributed by atoms with Crippen molar-refractivity contribution in [3.8, 4) is 0 Å². The number of esters is 2. The second-order valence-corrected chi connectivity index (χ2v) is 12.3. The molecule has 0 radical (unpaired) electrons. The van der Waals surface area contributed by atoms with E-state index in [4.69, 9.17) is 18.9 Å². The van der Waals surface area contributed by atoms with Gasteiger partial charge in [-0.15, -0.1) is 0 Å². The van der Waals surface area contributed by atoms with Crippen molar-refractivity contribution < 1.29 is 53.8 Å². The molecule has 1 heterocycles. The van der Waals surface area contributed by atoms with Crippen LogP contribution in [0.2, 0.25) is 0 Å². The van der Waals surface area contributed by atoms with Gasteiger partial charge in [0.15, 0.2) is 18.5 Å². The highest BCUT2D eigenvalue weighted by atomic mass is 16.7. The molecule has 48 heavy (non-hydrogen) atoms. The fourth-order valence-electron chi connectivity index (χ4n) is 5.13. The van der Waals surface area contributed by atoms with Crippen LogP contribution in [0.3, 0.4) is 0 Å². The van der Waals surface area contributed by atoms with Crippen LogP contribution in [0.1, 0.15) is 129 Å². The maximum Gasteiger partial charge on any atom is 0.335 e. The molecule has 0 aromatic rings. The highest BCUT2D eigenvalue weighted by Crippen LogP contribution is 2.23. The summed E-state index contributed by atoms with van der Waals surface area (Å²) in [5, 5.41) is 39.5. The molecule has 11 nitrogen and oxygen atoms in total. The van der Waals surface area contributed by atoms with Gasteiger partial charge >= 0.3 is 17.9 Å². The Morgan fingerprint density at radius 1 is 0.667 bits per heavy atom. The van der Waals surface area contributed by atoms with E-state index in [9.17, 15) is 34.8 Å². The third-order valence-electron chi connectivity index (χ3n) is 8.00. The van der Waals surface area contributed by atoms with E-state index in [1.165, 1.54) is 32.1 Å². The van der Waals surface area contributed by atoms with Crippen LogP contribution in [0.15, 0.2) is 36.5 Å². The van der Waals surface area contributed by atoms with E-state index in [0.717, 1.165) is 57.8 Å². The van der Waals surface area contributed by atoms with Crippen LogP contribution in [0, 0.1) is 0 Å². The van der Waals surface area contributed by atoms with E-state index in [1.54, 1.807) is 0 Å². The lowest BCUT2D eigenvalue weighted by molar-refractivity contribution is -0.298. The quantitative estimate of drug-likeness (QED) is 0.0429. The predicted octanol–water partition coefficient (Wildman–Crippen LogP) is 6.08. The molecule has 0 aromatic heterocycles. The Balaban J connectivity index is 2.49. The molecular weight excluding hydrogens is 620 g/mol. The molecule has 0 aliphatic carbocycles. The fraction of sp³-hybridized carbons (Fsp3) is 0.757. The molecular formula is C37H62O11. The number of unbranched alkanes of at least 4 members (excludes halogenated alkanes) is 11. The lowest BCUT2D eigenvalue weighted by atomic mass is 9.99. The number of carbonyl (C=O) groups is 3. The number of aliphatic hydroxyl groups is 3. The second-order valence-electron chi connectivity index (χ2n) is 12.3. The van der Waals surface area contributed by atoms with E-state index >= 15 is 0 Å². The molecule has 11 heteroatoms. The summed E-state index contributed by atoms with van der Waals surface area (Å²) in [6.07, 6.45) is 19.4. The number of hydrogen-bond acceptors (Lipinski definition) is 10.